The fourth-order valence-electron chi connectivity index (χ4n) is 3.33. The van der Waals surface area contributed by atoms with Crippen molar-refractivity contribution in [3.05, 3.63) is 35.9 Å². The normalized spacial score (nSPS) is 13.3. The minimum Gasteiger partial charge on any atom is -0.375 e. The van der Waals surface area contributed by atoms with Gasteiger partial charge in [-0.1, -0.05) is 37.3 Å². The molecule has 1 aromatic rings. The molecule has 0 heterocycles. The first-order chi connectivity index (χ1) is 15.0. The summed E-state index contributed by atoms with van der Waals surface area (Å²) < 4.78 is 5.87. The van der Waals surface area contributed by atoms with Crippen molar-refractivity contribution >= 4 is 12.3 Å². The summed E-state index contributed by atoms with van der Waals surface area (Å²) in [5.74, 6) is -0.168. The van der Waals surface area contributed by atoms with Crippen molar-refractivity contribution in [1.29, 1.82) is 0 Å². The first-order valence-corrected chi connectivity index (χ1v) is 11.6. The highest BCUT2D eigenvalue weighted by Gasteiger charge is 2.28. The highest BCUT2D eigenvalue weighted by atomic mass is 16.5. The largest absolute Gasteiger partial charge is 0.375 e. The Balaban J connectivity index is 2.62. The first kappa shape index (κ1) is 28.1. The Morgan fingerprint density at radius 1 is 1.09 bits per heavy atom. The number of amides is 2. The number of rotatable bonds is 14. The molecule has 1 aromatic carbocycles. The number of carbonyl (C=O) groups is 2. The van der Waals surface area contributed by atoms with Gasteiger partial charge in [0.05, 0.1) is 12.2 Å². The average molecular weight is 449 g/mol. The van der Waals surface area contributed by atoms with Gasteiger partial charge in [0, 0.05) is 38.3 Å². The van der Waals surface area contributed by atoms with Gasteiger partial charge in [-0.2, -0.15) is 0 Å². The minimum absolute atomic E-state index is 0.168. The summed E-state index contributed by atoms with van der Waals surface area (Å²) in [6.45, 7) is 19.1. The molecule has 1 unspecified atom stereocenters. The van der Waals surface area contributed by atoms with Gasteiger partial charge in [-0.05, 0) is 53.7 Å². The van der Waals surface area contributed by atoms with Crippen LogP contribution in [-0.4, -0.2) is 78.6 Å². The van der Waals surface area contributed by atoms with E-state index < -0.39 is 6.04 Å². The second-order valence-electron chi connectivity index (χ2n) is 10.1. The number of ether oxygens (including phenoxy) is 1. The van der Waals surface area contributed by atoms with Crippen LogP contribution >= 0.6 is 0 Å². The molecule has 0 saturated carbocycles. The molecule has 32 heavy (non-hydrogen) atoms. The average Bonchev–Trinajstić information content (AvgIpc) is 2.70. The third kappa shape index (κ3) is 11.6. The summed E-state index contributed by atoms with van der Waals surface area (Å²) >= 11 is 0. The second-order valence-corrected chi connectivity index (χ2v) is 10.1. The standard InChI is InChI=1S/C25H44N4O3/c1-8-28(18-21-12-10-9-11-13-21)15-14-26-23(31)22(27-20-30)19-29(24(2,3)4)16-17-32-25(5,6)7/h9-13,20,22H,8,14-19H2,1-7H3,(H,26,31)(H,27,30). The van der Waals surface area contributed by atoms with Gasteiger partial charge in [0.15, 0.2) is 0 Å². The number of benzene rings is 1. The molecule has 1 rings (SSSR count). The van der Waals surface area contributed by atoms with Gasteiger partial charge in [0.1, 0.15) is 6.04 Å². The summed E-state index contributed by atoms with van der Waals surface area (Å²) in [5.41, 5.74) is 0.866. The second kappa shape index (κ2) is 13.6. The van der Waals surface area contributed by atoms with Crippen LogP contribution in [0.4, 0.5) is 0 Å². The van der Waals surface area contributed by atoms with E-state index in [9.17, 15) is 9.59 Å². The highest BCUT2D eigenvalue weighted by molar-refractivity contribution is 5.83. The van der Waals surface area contributed by atoms with Crippen molar-refractivity contribution in [2.45, 2.75) is 72.2 Å². The van der Waals surface area contributed by atoms with Crippen LogP contribution in [0.15, 0.2) is 30.3 Å². The monoisotopic (exact) mass is 448 g/mol. The Kier molecular flexibility index (Phi) is 11.9. The lowest BCUT2D eigenvalue weighted by Gasteiger charge is -2.38. The molecule has 7 heteroatoms. The first-order valence-electron chi connectivity index (χ1n) is 11.6. The highest BCUT2D eigenvalue weighted by Crippen LogP contribution is 2.15. The van der Waals surface area contributed by atoms with Crippen LogP contribution in [0.3, 0.4) is 0 Å². The molecule has 0 spiro atoms. The molecule has 0 aliphatic carbocycles. The maximum Gasteiger partial charge on any atom is 0.243 e. The summed E-state index contributed by atoms with van der Waals surface area (Å²) in [5, 5.41) is 5.69. The number of carbonyl (C=O) groups excluding carboxylic acids is 2. The van der Waals surface area contributed by atoms with Crippen molar-refractivity contribution in [1.82, 2.24) is 20.4 Å². The Morgan fingerprint density at radius 3 is 2.28 bits per heavy atom. The fourth-order valence-corrected chi connectivity index (χ4v) is 3.33. The SMILES string of the molecule is CCN(CCNC(=O)C(CN(CCOC(C)(C)C)C(C)(C)C)NC=O)Cc1ccccc1. The van der Waals surface area contributed by atoms with E-state index in [1.54, 1.807) is 0 Å². The Hall–Kier alpha value is -1.96. The lowest BCUT2D eigenvalue weighted by molar-refractivity contribution is -0.126. The van der Waals surface area contributed by atoms with E-state index in [2.05, 4.69) is 60.3 Å². The van der Waals surface area contributed by atoms with Crippen molar-refractivity contribution < 1.29 is 14.3 Å². The van der Waals surface area contributed by atoms with Gasteiger partial charge in [-0.25, -0.2) is 0 Å². The predicted octanol–water partition coefficient (Wildman–Crippen LogP) is 2.65. The van der Waals surface area contributed by atoms with Gasteiger partial charge >= 0.3 is 0 Å². The third-order valence-electron chi connectivity index (χ3n) is 5.26. The summed E-state index contributed by atoms with van der Waals surface area (Å²) in [4.78, 5) is 28.5. The van der Waals surface area contributed by atoms with Crippen LogP contribution in [0.2, 0.25) is 0 Å². The summed E-state index contributed by atoms with van der Waals surface area (Å²) in [7, 11) is 0. The molecular formula is C25H44N4O3. The van der Waals surface area contributed by atoms with Crippen LogP contribution < -0.4 is 10.6 Å². The molecule has 0 radical (unpaired) electrons. The van der Waals surface area contributed by atoms with E-state index in [1.165, 1.54) is 5.56 Å². The van der Waals surface area contributed by atoms with Gasteiger partial charge in [0.2, 0.25) is 12.3 Å². The molecule has 1 atom stereocenters. The van der Waals surface area contributed by atoms with Crippen LogP contribution in [0, 0.1) is 0 Å². The molecule has 182 valence electrons. The topological polar surface area (TPSA) is 73.9 Å². The number of hydrogen-bond acceptors (Lipinski definition) is 5. The number of nitrogens with one attached hydrogen (secondary N) is 2. The predicted molar refractivity (Wildman–Crippen MR) is 130 cm³/mol. The maximum atomic E-state index is 12.8. The summed E-state index contributed by atoms with van der Waals surface area (Å²) in [6.07, 6.45) is 0.602. The maximum absolute atomic E-state index is 12.8. The van der Waals surface area contributed by atoms with Gasteiger partial charge in [-0.3, -0.25) is 19.4 Å². The fraction of sp³-hybridized carbons (Fsp3) is 0.680. The van der Waals surface area contributed by atoms with Gasteiger partial charge < -0.3 is 15.4 Å². The van der Waals surface area contributed by atoms with E-state index in [-0.39, 0.29) is 17.0 Å². The van der Waals surface area contributed by atoms with E-state index in [0.717, 1.165) is 19.6 Å². The molecule has 0 bridgehead atoms. The van der Waals surface area contributed by atoms with Crippen molar-refractivity contribution in [2.75, 3.05) is 39.3 Å². The lowest BCUT2D eigenvalue weighted by atomic mass is 10.0. The Bertz CT molecular complexity index is 668. The zero-order valence-electron chi connectivity index (χ0n) is 21.1. The lowest BCUT2D eigenvalue weighted by Crippen LogP contribution is -2.55. The van der Waals surface area contributed by atoms with Crippen LogP contribution in [0.25, 0.3) is 0 Å². The number of likely N-dealkylation sites (N-methyl/N-ethyl adjacent to an activating group) is 1. The van der Waals surface area contributed by atoms with Crippen molar-refractivity contribution in [3.63, 3.8) is 0 Å². The van der Waals surface area contributed by atoms with E-state index in [0.29, 0.717) is 32.7 Å². The molecule has 2 amide bonds. The van der Waals surface area contributed by atoms with Crippen LogP contribution in [0.5, 0.6) is 0 Å². The molecule has 0 fully saturated rings. The van der Waals surface area contributed by atoms with Gasteiger partial charge in [0.25, 0.3) is 0 Å². The molecule has 0 aliphatic heterocycles. The summed E-state index contributed by atoms with van der Waals surface area (Å²) in [6, 6.07) is 9.68. The molecular weight excluding hydrogens is 404 g/mol. The van der Waals surface area contributed by atoms with Crippen molar-refractivity contribution in [3.8, 4) is 0 Å². The van der Waals surface area contributed by atoms with E-state index >= 15 is 0 Å². The smallest absolute Gasteiger partial charge is 0.243 e. The molecule has 7 nitrogen and oxygen atoms in total. The minimum atomic E-state index is -0.620. The van der Waals surface area contributed by atoms with E-state index in [1.807, 2.05) is 39.0 Å². The van der Waals surface area contributed by atoms with E-state index in [4.69, 9.17) is 4.74 Å². The molecule has 0 saturated heterocycles. The molecule has 0 aliphatic rings. The number of hydrogen-bond donors (Lipinski definition) is 2. The van der Waals surface area contributed by atoms with Crippen LogP contribution in [-0.2, 0) is 20.9 Å². The number of nitrogens with zero attached hydrogens (tertiary/aromatic N) is 2. The van der Waals surface area contributed by atoms with Crippen molar-refractivity contribution in [2.24, 2.45) is 0 Å². The quantitative estimate of drug-likeness (QED) is 0.428. The van der Waals surface area contributed by atoms with Crippen LogP contribution in [0.1, 0.15) is 54.0 Å². The third-order valence-corrected chi connectivity index (χ3v) is 5.26. The molecule has 0 aromatic heterocycles. The van der Waals surface area contributed by atoms with Gasteiger partial charge in [-0.15, -0.1) is 0 Å². The Labute approximate surface area is 194 Å². The molecule has 2 N–H and O–H groups in total. The Morgan fingerprint density at radius 2 is 1.75 bits per heavy atom. The zero-order valence-corrected chi connectivity index (χ0v) is 21.1. The zero-order chi connectivity index (χ0) is 24.2.